The fourth-order valence-corrected chi connectivity index (χ4v) is 8.64. The molecule has 4 unspecified atom stereocenters. The number of sulfone groups is 1. The van der Waals surface area contributed by atoms with Crippen LogP contribution < -0.4 is 0 Å². The van der Waals surface area contributed by atoms with Gasteiger partial charge in [-0.05, 0) is 107 Å². The number of Topliss-reactive ketones (excluding diaryl/α,β-unsaturated/α-hetero) is 1. The maximum atomic E-state index is 13.1. The zero-order valence-corrected chi connectivity index (χ0v) is 31.5. The Labute approximate surface area is 310 Å². The van der Waals surface area contributed by atoms with E-state index < -0.39 is 90.1 Å². The Morgan fingerprint density at radius 1 is 0.800 bits per heavy atom. The molecule has 55 heavy (non-hydrogen) atoms. The first kappa shape index (κ1) is 46.8. The average Bonchev–Trinajstić information content (AvgIpc) is 3.00. The van der Waals surface area contributed by atoms with Crippen molar-refractivity contribution in [3.05, 3.63) is 34.9 Å². The van der Waals surface area contributed by atoms with Crippen LogP contribution in [0.1, 0.15) is 116 Å². The molecule has 0 amide bonds. The van der Waals surface area contributed by atoms with Crippen LogP contribution in [-0.2, 0) is 35.4 Å². The molecule has 4 fully saturated rings. The van der Waals surface area contributed by atoms with Gasteiger partial charge in [-0.1, -0.05) is 32.9 Å². The molecule has 316 valence electrons. The monoisotopic (exact) mass is 836 g/mol. The molecule has 4 saturated carbocycles. The molecule has 0 aromatic heterocycles. The molecule has 0 spiro atoms. The minimum Gasteiger partial charge on any atom is -0.459 e. The van der Waals surface area contributed by atoms with Crippen molar-refractivity contribution in [2.45, 2.75) is 140 Å². The molecular weight excluding hydrogens is 792 g/mol. The summed E-state index contributed by atoms with van der Waals surface area (Å²) in [5, 5.41) is 19.2. The SMILES string of the molecule is CCC(C)(C)C(=O)OC12CC3CC(C1)CC(C(=O)CS(=O)(=O)C(F)(F)F)(C3)C2.CCC(C)c1cc(C(C)(O)C(F)(F)F)cc(C(O)(C(F)(F)F)C(F)(F)F)c1. The quantitative estimate of drug-likeness (QED) is 0.178. The highest BCUT2D eigenvalue weighted by molar-refractivity contribution is 7.92. The van der Waals surface area contributed by atoms with E-state index in [9.17, 15) is 80.9 Å². The normalized spacial score (nSPS) is 26.5. The molecule has 0 saturated heterocycles. The summed E-state index contributed by atoms with van der Waals surface area (Å²) in [7, 11) is -5.52. The molecule has 0 heterocycles. The minimum atomic E-state index is -6.26. The average molecular weight is 837 g/mol. The summed E-state index contributed by atoms with van der Waals surface area (Å²) in [6.45, 7) is 8.49. The lowest BCUT2D eigenvalue weighted by Crippen LogP contribution is -2.61. The van der Waals surface area contributed by atoms with E-state index >= 15 is 0 Å². The Morgan fingerprint density at radius 3 is 1.67 bits per heavy atom. The topological polar surface area (TPSA) is 118 Å². The van der Waals surface area contributed by atoms with Crippen molar-refractivity contribution in [1.29, 1.82) is 0 Å². The number of carbonyl (C=O) groups is 2. The number of benzene rings is 1. The highest BCUT2D eigenvalue weighted by Crippen LogP contribution is 2.63. The second kappa shape index (κ2) is 14.6. The lowest BCUT2D eigenvalue weighted by Gasteiger charge is -2.60. The predicted octanol–water partition coefficient (Wildman–Crippen LogP) is 9.09. The van der Waals surface area contributed by atoms with Gasteiger partial charge in [-0.2, -0.15) is 52.7 Å². The molecule has 1 aromatic rings. The minimum absolute atomic E-state index is 0.0660. The first-order chi connectivity index (χ1) is 24.4. The van der Waals surface area contributed by atoms with Crippen molar-refractivity contribution >= 4 is 21.6 Å². The van der Waals surface area contributed by atoms with Gasteiger partial charge in [-0.3, -0.25) is 9.59 Å². The van der Waals surface area contributed by atoms with Crippen molar-refractivity contribution in [1.82, 2.24) is 0 Å². The molecule has 20 heteroatoms. The Morgan fingerprint density at radius 2 is 1.27 bits per heavy atom. The third kappa shape index (κ3) is 8.94. The van der Waals surface area contributed by atoms with Gasteiger partial charge in [0.1, 0.15) is 11.4 Å². The molecule has 4 aliphatic rings. The van der Waals surface area contributed by atoms with E-state index in [4.69, 9.17) is 4.74 Å². The van der Waals surface area contributed by atoms with E-state index in [1.165, 1.54) is 13.8 Å². The van der Waals surface area contributed by atoms with Crippen molar-refractivity contribution < 1.29 is 85.6 Å². The van der Waals surface area contributed by atoms with E-state index in [0.717, 1.165) is 6.42 Å². The van der Waals surface area contributed by atoms with Gasteiger partial charge < -0.3 is 14.9 Å². The zero-order chi connectivity index (χ0) is 42.8. The lowest BCUT2D eigenvalue weighted by atomic mass is 9.47. The van der Waals surface area contributed by atoms with Gasteiger partial charge in [-0.25, -0.2) is 8.42 Å². The molecule has 4 bridgehead atoms. The highest BCUT2D eigenvalue weighted by atomic mass is 32.2. The maximum Gasteiger partial charge on any atom is 0.497 e. The molecule has 7 nitrogen and oxygen atoms in total. The van der Waals surface area contributed by atoms with Gasteiger partial charge in [0.05, 0.1) is 5.41 Å². The van der Waals surface area contributed by atoms with Crippen molar-refractivity contribution in [3.63, 3.8) is 0 Å². The number of hydrogen-bond donors (Lipinski definition) is 2. The smallest absolute Gasteiger partial charge is 0.459 e. The van der Waals surface area contributed by atoms with Gasteiger partial charge in [0.15, 0.2) is 11.4 Å². The first-order valence-electron chi connectivity index (χ1n) is 17.3. The molecule has 4 atom stereocenters. The van der Waals surface area contributed by atoms with E-state index in [2.05, 4.69) is 0 Å². The predicted molar refractivity (Wildman–Crippen MR) is 172 cm³/mol. The molecular formula is C35H44F12O7S. The fourth-order valence-electron chi connectivity index (χ4n) is 7.82. The zero-order valence-electron chi connectivity index (χ0n) is 30.7. The Bertz CT molecular complexity index is 1680. The van der Waals surface area contributed by atoms with Crippen LogP contribution in [0.25, 0.3) is 0 Å². The number of halogens is 12. The Balaban J connectivity index is 0.000000296. The number of rotatable bonds is 10. The maximum absolute atomic E-state index is 13.1. The van der Waals surface area contributed by atoms with Crippen molar-refractivity contribution in [2.24, 2.45) is 22.7 Å². The Hall–Kier alpha value is -2.61. The fraction of sp³-hybridized carbons (Fsp3) is 0.771. The second-order valence-electron chi connectivity index (χ2n) is 16.1. The number of ether oxygens (including phenoxy) is 1. The second-order valence-corrected chi connectivity index (χ2v) is 18.1. The number of hydrogen-bond acceptors (Lipinski definition) is 7. The van der Waals surface area contributed by atoms with Gasteiger partial charge in [0, 0.05) is 11.0 Å². The van der Waals surface area contributed by atoms with Crippen molar-refractivity contribution in [2.75, 3.05) is 5.75 Å². The summed E-state index contributed by atoms with van der Waals surface area (Å²) < 4.78 is 185. The van der Waals surface area contributed by atoms with E-state index in [1.807, 2.05) is 6.92 Å². The van der Waals surface area contributed by atoms with Crippen LogP contribution in [0.3, 0.4) is 0 Å². The first-order valence-corrected chi connectivity index (χ1v) is 19.0. The largest absolute Gasteiger partial charge is 0.497 e. The summed E-state index contributed by atoms with van der Waals surface area (Å²) in [6.07, 6.45) is -14.2. The van der Waals surface area contributed by atoms with Gasteiger partial charge >= 0.3 is 30.0 Å². The number of alkyl halides is 12. The third-order valence-electron chi connectivity index (χ3n) is 11.5. The van der Waals surface area contributed by atoms with Gasteiger partial charge in [0.25, 0.3) is 15.4 Å². The van der Waals surface area contributed by atoms with Crippen LogP contribution in [0.2, 0.25) is 0 Å². The highest BCUT2D eigenvalue weighted by Gasteiger charge is 2.72. The number of carbonyl (C=O) groups excluding carboxylic acids is 2. The van der Waals surface area contributed by atoms with E-state index in [0.29, 0.717) is 44.2 Å². The van der Waals surface area contributed by atoms with Crippen LogP contribution in [-0.4, -0.2) is 65.8 Å². The third-order valence-corrected chi connectivity index (χ3v) is 12.9. The van der Waals surface area contributed by atoms with E-state index in [-0.39, 0.29) is 49.2 Å². The van der Waals surface area contributed by atoms with Crippen LogP contribution in [0.5, 0.6) is 0 Å². The summed E-state index contributed by atoms with van der Waals surface area (Å²) in [5.41, 5.74) is -20.7. The Kier molecular flexibility index (Phi) is 12.5. The summed E-state index contributed by atoms with van der Waals surface area (Å²) in [6, 6.07) is 0.907. The summed E-state index contributed by atoms with van der Waals surface area (Å²) in [5.74, 6) is -3.39. The molecule has 1 aromatic carbocycles. The summed E-state index contributed by atoms with van der Waals surface area (Å²) >= 11 is 0. The number of aliphatic hydroxyl groups is 2. The van der Waals surface area contributed by atoms with E-state index in [1.54, 1.807) is 13.8 Å². The van der Waals surface area contributed by atoms with Crippen LogP contribution in [0.15, 0.2) is 18.2 Å². The molecule has 5 rings (SSSR count). The molecule has 4 aliphatic carbocycles. The molecule has 0 radical (unpaired) electrons. The van der Waals surface area contributed by atoms with Crippen LogP contribution in [0.4, 0.5) is 52.7 Å². The van der Waals surface area contributed by atoms with Crippen LogP contribution >= 0.6 is 0 Å². The van der Waals surface area contributed by atoms with Gasteiger partial charge in [0.2, 0.25) is 0 Å². The van der Waals surface area contributed by atoms with Gasteiger partial charge in [-0.15, -0.1) is 0 Å². The standard InChI is InChI=1S/C19H27F3O5S.C16H17F9O2/c1-4-16(2,3)15(24)27-18-8-12-5-13(9-18)7-17(6-12,11-18)14(23)10-28(25,26)19(20,21)22;1-4-8(2)9-5-10(12(3,26)14(17,18)19)7-11(6-9)13(27,15(20,21)22)16(23,24)25/h12-13H,4-11H2,1-3H3;5-8,26-27H,4H2,1-3H3. The summed E-state index contributed by atoms with van der Waals surface area (Å²) in [4.78, 5) is 25.5. The molecule has 2 N–H and O–H groups in total. The van der Waals surface area contributed by atoms with Crippen molar-refractivity contribution in [3.8, 4) is 0 Å². The number of ketones is 1. The van der Waals surface area contributed by atoms with Crippen LogP contribution in [0, 0.1) is 22.7 Å². The number of esters is 1. The molecule has 0 aliphatic heterocycles. The lowest BCUT2D eigenvalue weighted by molar-refractivity contribution is -0.376.